The number of benzene rings is 9. The number of para-hydroxylation sites is 1. The lowest BCUT2D eigenvalue weighted by Gasteiger charge is -2.31. The van der Waals surface area contributed by atoms with Gasteiger partial charge in [-0.15, -0.1) is 0 Å². The molecule has 0 atom stereocenters. The van der Waals surface area contributed by atoms with Crippen molar-refractivity contribution >= 4 is 43.9 Å². The molecule has 15 rings (SSSR count). The zero-order valence-corrected chi connectivity index (χ0v) is 36.9. The third kappa shape index (κ3) is 5.48. The van der Waals surface area contributed by atoms with Crippen LogP contribution in [-0.4, -0.2) is 19.9 Å². The number of hydrogen-bond acceptors (Lipinski definition) is 6. The van der Waals surface area contributed by atoms with E-state index in [9.17, 15) is 0 Å². The Morgan fingerprint density at radius 3 is 1.51 bits per heavy atom. The van der Waals surface area contributed by atoms with Gasteiger partial charge in [-0.1, -0.05) is 164 Å². The highest BCUT2D eigenvalue weighted by Crippen LogP contribution is 2.65. The van der Waals surface area contributed by atoms with Crippen LogP contribution in [0.1, 0.15) is 22.3 Å². The van der Waals surface area contributed by atoms with E-state index in [1.54, 1.807) is 0 Å². The smallest absolute Gasteiger partial charge is 0.164 e. The Morgan fingerprint density at radius 2 is 0.826 bits per heavy atom. The zero-order valence-electron chi connectivity index (χ0n) is 36.9. The first kappa shape index (κ1) is 37.9. The van der Waals surface area contributed by atoms with Gasteiger partial charge in [0.05, 0.1) is 16.8 Å². The molecule has 2 aliphatic rings. The van der Waals surface area contributed by atoms with E-state index < -0.39 is 5.41 Å². The molecule has 0 saturated heterocycles. The molecular weight excluding hydrogens is 845 g/mol. The minimum atomic E-state index is -0.660. The van der Waals surface area contributed by atoms with Crippen LogP contribution in [0.15, 0.2) is 227 Å². The van der Waals surface area contributed by atoms with E-state index in [1.165, 1.54) is 44.5 Å². The third-order valence-electron chi connectivity index (χ3n) is 14.3. The van der Waals surface area contributed by atoms with E-state index in [1.807, 2.05) is 72.8 Å². The number of furan rings is 2. The second-order valence-corrected chi connectivity index (χ2v) is 18.0. The molecule has 0 bridgehead atoms. The number of nitrogens with zero attached hydrogens (tertiary/aromatic N) is 4. The van der Waals surface area contributed by atoms with E-state index >= 15 is 0 Å². The predicted octanol–water partition coefficient (Wildman–Crippen LogP) is 15.7. The molecule has 2 aliphatic carbocycles. The molecule has 9 aromatic carbocycles. The van der Waals surface area contributed by atoms with E-state index in [4.69, 9.17) is 28.8 Å². The van der Waals surface area contributed by atoms with Gasteiger partial charge in [-0.25, -0.2) is 19.9 Å². The van der Waals surface area contributed by atoms with Gasteiger partial charge in [0.2, 0.25) is 0 Å². The first-order valence-corrected chi connectivity index (χ1v) is 23.3. The lowest BCUT2D eigenvalue weighted by atomic mass is 9.69. The van der Waals surface area contributed by atoms with Crippen molar-refractivity contribution < 1.29 is 8.83 Å². The number of aromatic nitrogens is 4. The van der Waals surface area contributed by atoms with Gasteiger partial charge in [-0.2, -0.15) is 0 Å². The average molecular weight is 881 g/mol. The van der Waals surface area contributed by atoms with Crippen molar-refractivity contribution in [2.75, 3.05) is 0 Å². The Labute approximate surface area is 395 Å². The van der Waals surface area contributed by atoms with Crippen molar-refractivity contribution in [3.63, 3.8) is 0 Å². The fourth-order valence-corrected chi connectivity index (χ4v) is 11.4. The summed E-state index contributed by atoms with van der Waals surface area (Å²) in [6, 6.07) is 76.4. The van der Waals surface area contributed by atoms with Crippen LogP contribution in [0.3, 0.4) is 0 Å². The van der Waals surface area contributed by atoms with Crippen LogP contribution < -0.4 is 0 Å². The molecule has 4 heterocycles. The maximum absolute atomic E-state index is 6.88. The monoisotopic (exact) mass is 880 g/mol. The molecule has 1 spiro atoms. The molecule has 6 nitrogen and oxygen atoms in total. The van der Waals surface area contributed by atoms with Gasteiger partial charge in [0, 0.05) is 49.4 Å². The fourth-order valence-electron chi connectivity index (χ4n) is 11.4. The summed E-state index contributed by atoms with van der Waals surface area (Å²) in [7, 11) is 0. The van der Waals surface area contributed by atoms with Gasteiger partial charge in [0.15, 0.2) is 17.5 Å². The molecule has 0 aliphatic heterocycles. The molecule has 0 fully saturated rings. The van der Waals surface area contributed by atoms with Crippen LogP contribution in [0.25, 0.3) is 123 Å². The molecule has 0 N–H and O–H groups in total. The quantitative estimate of drug-likeness (QED) is 0.171. The summed E-state index contributed by atoms with van der Waals surface area (Å²) in [6.07, 6.45) is 0. The maximum Gasteiger partial charge on any atom is 0.164 e. The number of rotatable bonds is 5. The summed E-state index contributed by atoms with van der Waals surface area (Å²) < 4.78 is 13.5. The highest BCUT2D eigenvalue weighted by molar-refractivity contribution is 6.16. The highest BCUT2D eigenvalue weighted by Gasteiger charge is 2.53. The van der Waals surface area contributed by atoms with Crippen molar-refractivity contribution in [2.45, 2.75) is 5.41 Å². The molecule has 0 radical (unpaired) electrons. The second kappa shape index (κ2) is 14.4. The summed E-state index contributed by atoms with van der Waals surface area (Å²) >= 11 is 0. The maximum atomic E-state index is 6.88. The van der Waals surface area contributed by atoms with Crippen LogP contribution >= 0.6 is 0 Å². The summed E-state index contributed by atoms with van der Waals surface area (Å²) in [5.41, 5.74) is 18.7. The van der Waals surface area contributed by atoms with Gasteiger partial charge >= 0.3 is 0 Å². The van der Waals surface area contributed by atoms with Crippen LogP contribution in [-0.2, 0) is 5.41 Å². The van der Waals surface area contributed by atoms with Crippen molar-refractivity contribution in [2.24, 2.45) is 0 Å². The van der Waals surface area contributed by atoms with Gasteiger partial charge in [-0.3, -0.25) is 0 Å². The van der Waals surface area contributed by atoms with E-state index in [0.29, 0.717) is 17.5 Å². The molecule has 4 aromatic heterocycles. The molecule has 0 unspecified atom stereocenters. The Morgan fingerprint density at radius 1 is 0.290 bits per heavy atom. The molecule has 13 aromatic rings. The second-order valence-electron chi connectivity index (χ2n) is 18.0. The molecule has 0 amide bonds. The standard InChI is InChI=1S/C63H36N4O2/c1-4-16-37(17-5-1)52-33-41(34-53(64-52)38-18-6-2-7-19-38)62-66-60(39-20-8-3-9-21-39)65-61(67-62)40-28-30-55-48(32-40)58-56(68-55)31-29-45-46-35-47-44-24-12-15-27-54(44)69-57(47)36-51(46)63(59(45)58)49-25-13-10-22-42(49)43-23-11-14-26-50(43)63/h1-36H. The zero-order chi connectivity index (χ0) is 45.2. The Kier molecular flexibility index (Phi) is 7.89. The van der Waals surface area contributed by atoms with Crippen molar-refractivity contribution in [3.8, 4) is 78.9 Å². The highest BCUT2D eigenvalue weighted by atomic mass is 16.3. The number of fused-ring (bicyclic) bond motifs is 17. The Hall–Kier alpha value is -9.26. The van der Waals surface area contributed by atoms with E-state index in [-0.39, 0.29) is 0 Å². The molecule has 320 valence electrons. The van der Waals surface area contributed by atoms with Crippen molar-refractivity contribution in [1.82, 2.24) is 19.9 Å². The van der Waals surface area contributed by atoms with Crippen LogP contribution in [0.4, 0.5) is 0 Å². The number of pyridine rings is 1. The lowest BCUT2D eigenvalue weighted by Crippen LogP contribution is -2.26. The third-order valence-corrected chi connectivity index (χ3v) is 14.3. The van der Waals surface area contributed by atoms with Crippen molar-refractivity contribution in [1.29, 1.82) is 0 Å². The van der Waals surface area contributed by atoms with Gasteiger partial charge in [-0.05, 0) is 99.1 Å². The lowest BCUT2D eigenvalue weighted by molar-refractivity contribution is 0.666. The average Bonchev–Trinajstić information content (AvgIpc) is 4.15. The largest absolute Gasteiger partial charge is 0.456 e. The van der Waals surface area contributed by atoms with Crippen LogP contribution in [0, 0.1) is 0 Å². The van der Waals surface area contributed by atoms with Gasteiger partial charge in [0.25, 0.3) is 0 Å². The SMILES string of the molecule is c1ccc(-c2cc(-c3nc(-c4ccccc4)nc(-c4ccc5oc6ccc7c(c6c5c4)C4(c5ccccc5-c5ccccc54)c4cc5oc6ccccc6c5cc4-7)n3)cc(-c3ccccc3)n2)cc1. The number of hydrogen-bond donors (Lipinski definition) is 0. The summed E-state index contributed by atoms with van der Waals surface area (Å²) in [5.74, 6) is 1.70. The molecule has 6 heteroatoms. The first-order valence-electron chi connectivity index (χ1n) is 23.3. The van der Waals surface area contributed by atoms with Gasteiger partial charge < -0.3 is 8.83 Å². The van der Waals surface area contributed by atoms with Crippen LogP contribution in [0.2, 0.25) is 0 Å². The first-order chi connectivity index (χ1) is 34.2. The summed E-state index contributed by atoms with van der Waals surface area (Å²) in [5, 5.41) is 4.27. The summed E-state index contributed by atoms with van der Waals surface area (Å²) in [4.78, 5) is 20.9. The van der Waals surface area contributed by atoms with E-state index in [0.717, 1.165) is 83.1 Å². The molecular formula is C63H36N4O2. The van der Waals surface area contributed by atoms with Crippen LogP contribution in [0.5, 0.6) is 0 Å². The predicted molar refractivity (Wildman–Crippen MR) is 276 cm³/mol. The normalized spacial score (nSPS) is 13.0. The minimum Gasteiger partial charge on any atom is -0.456 e. The fraction of sp³-hybridized carbons (Fsp3) is 0.0159. The summed E-state index contributed by atoms with van der Waals surface area (Å²) in [6.45, 7) is 0. The topological polar surface area (TPSA) is 77.8 Å². The molecule has 69 heavy (non-hydrogen) atoms. The van der Waals surface area contributed by atoms with Gasteiger partial charge in [0.1, 0.15) is 22.3 Å². The molecule has 0 saturated carbocycles. The van der Waals surface area contributed by atoms with Crippen molar-refractivity contribution in [3.05, 3.63) is 241 Å². The Balaban J connectivity index is 0.994. The Bertz CT molecular complexity index is 4150. The van der Waals surface area contributed by atoms with E-state index in [2.05, 4.69) is 146 Å². The minimum absolute atomic E-state index is 0.555.